The highest BCUT2D eigenvalue weighted by atomic mass is 16.2. The molecule has 1 aliphatic carbocycles. The third-order valence-corrected chi connectivity index (χ3v) is 4.07. The monoisotopic (exact) mass is 288 g/mol. The summed E-state index contributed by atoms with van der Waals surface area (Å²) in [5.41, 5.74) is 2.28. The summed E-state index contributed by atoms with van der Waals surface area (Å²) >= 11 is 0. The van der Waals surface area contributed by atoms with Crippen LogP contribution in [-0.2, 0) is 16.1 Å². The second-order valence-electron chi connectivity index (χ2n) is 5.67. The van der Waals surface area contributed by atoms with E-state index < -0.39 is 0 Å². The van der Waals surface area contributed by atoms with Crippen LogP contribution >= 0.6 is 0 Å². The van der Waals surface area contributed by atoms with Crippen LogP contribution in [0.1, 0.15) is 31.4 Å². The van der Waals surface area contributed by atoms with Gasteiger partial charge in [-0.1, -0.05) is 29.8 Å². The van der Waals surface area contributed by atoms with E-state index in [0.717, 1.165) is 5.56 Å². The van der Waals surface area contributed by atoms with Crippen molar-refractivity contribution in [1.29, 1.82) is 0 Å². The Labute approximate surface area is 126 Å². The van der Waals surface area contributed by atoms with Crippen LogP contribution in [0.2, 0.25) is 0 Å². The van der Waals surface area contributed by atoms with Crippen molar-refractivity contribution in [3.05, 3.63) is 35.4 Å². The minimum absolute atomic E-state index is 0.00186. The molecule has 1 fully saturated rings. The van der Waals surface area contributed by atoms with Crippen molar-refractivity contribution in [2.45, 2.75) is 33.7 Å². The standard InChI is InChI=1S/C17H24N2O2/c1-4-19(5-2)17(21)15-10-14(15)16(20)18-11-13-8-6-7-12(3)9-13/h6-9,14-15H,4-5,10-11H2,1-3H3,(H,18,20). The topological polar surface area (TPSA) is 49.4 Å². The first-order chi connectivity index (χ1) is 10.1. The Balaban J connectivity index is 1.82. The SMILES string of the molecule is CCN(CC)C(=O)C1CC1C(=O)NCc1cccc(C)c1. The predicted octanol–water partition coefficient (Wildman–Crippen LogP) is 2.12. The molecule has 1 aromatic carbocycles. The minimum atomic E-state index is -0.136. The number of carbonyl (C=O) groups is 2. The van der Waals surface area contributed by atoms with Gasteiger partial charge < -0.3 is 10.2 Å². The molecule has 1 saturated carbocycles. The average molecular weight is 288 g/mol. The Morgan fingerprint density at radius 3 is 2.57 bits per heavy atom. The summed E-state index contributed by atoms with van der Waals surface area (Å²) in [6, 6.07) is 8.08. The van der Waals surface area contributed by atoms with Crippen molar-refractivity contribution in [3.8, 4) is 0 Å². The number of aryl methyl sites for hydroxylation is 1. The molecule has 0 aromatic heterocycles. The summed E-state index contributed by atoms with van der Waals surface area (Å²) in [7, 11) is 0. The highest BCUT2D eigenvalue weighted by molar-refractivity contribution is 5.92. The lowest BCUT2D eigenvalue weighted by atomic mass is 10.1. The van der Waals surface area contributed by atoms with Crippen LogP contribution in [0.4, 0.5) is 0 Å². The van der Waals surface area contributed by atoms with Gasteiger partial charge in [0.1, 0.15) is 0 Å². The number of nitrogens with zero attached hydrogens (tertiary/aromatic N) is 1. The fourth-order valence-corrected chi connectivity index (χ4v) is 2.67. The number of hydrogen-bond acceptors (Lipinski definition) is 2. The van der Waals surface area contributed by atoms with Gasteiger partial charge in [0, 0.05) is 19.6 Å². The van der Waals surface area contributed by atoms with Crippen LogP contribution in [0, 0.1) is 18.8 Å². The number of amides is 2. The number of rotatable bonds is 6. The molecule has 2 rings (SSSR count). The fraction of sp³-hybridized carbons (Fsp3) is 0.529. The van der Waals surface area contributed by atoms with Gasteiger partial charge in [-0.2, -0.15) is 0 Å². The maximum Gasteiger partial charge on any atom is 0.226 e. The van der Waals surface area contributed by atoms with Crippen LogP contribution in [-0.4, -0.2) is 29.8 Å². The van der Waals surface area contributed by atoms with Crippen molar-refractivity contribution in [3.63, 3.8) is 0 Å². The summed E-state index contributed by atoms with van der Waals surface area (Å²) in [6.45, 7) is 7.92. The number of nitrogens with one attached hydrogen (secondary N) is 1. The maximum absolute atomic E-state index is 12.1. The van der Waals surface area contributed by atoms with E-state index >= 15 is 0 Å². The molecule has 4 heteroatoms. The Morgan fingerprint density at radius 2 is 1.95 bits per heavy atom. The van der Waals surface area contributed by atoms with E-state index in [2.05, 4.69) is 11.4 Å². The van der Waals surface area contributed by atoms with Crippen molar-refractivity contribution in [2.75, 3.05) is 13.1 Å². The van der Waals surface area contributed by atoms with Crippen LogP contribution in [0.5, 0.6) is 0 Å². The van der Waals surface area contributed by atoms with Gasteiger partial charge in [0.25, 0.3) is 0 Å². The molecular weight excluding hydrogens is 264 g/mol. The lowest BCUT2D eigenvalue weighted by Crippen LogP contribution is -2.34. The largest absolute Gasteiger partial charge is 0.352 e. The van der Waals surface area contributed by atoms with Crippen LogP contribution in [0.15, 0.2) is 24.3 Å². The number of hydrogen-bond donors (Lipinski definition) is 1. The van der Waals surface area contributed by atoms with E-state index in [1.807, 2.05) is 39.0 Å². The van der Waals surface area contributed by atoms with E-state index in [4.69, 9.17) is 0 Å². The molecular formula is C17H24N2O2. The van der Waals surface area contributed by atoms with Gasteiger partial charge >= 0.3 is 0 Å². The first-order valence-corrected chi connectivity index (χ1v) is 7.68. The van der Waals surface area contributed by atoms with Gasteiger partial charge in [-0.15, -0.1) is 0 Å². The van der Waals surface area contributed by atoms with Crippen molar-refractivity contribution >= 4 is 11.8 Å². The minimum Gasteiger partial charge on any atom is -0.352 e. The Bertz CT molecular complexity index is 523. The third kappa shape index (κ3) is 3.84. The van der Waals surface area contributed by atoms with E-state index in [1.165, 1.54) is 5.56 Å². The van der Waals surface area contributed by atoms with E-state index in [1.54, 1.807) is 4.90 Å². The van der Waals surface area contributed by atoms with E-state index in [9.17, 15) is 9.59 Å². The average Bonchev–Trinajstić information content (AvgIpc) is 3.26. The first-order valence-electron chi connectivity index (χ1n) is 7.68. The maximum atomic E-state index is 12.1. The first kappa shape index (κ1) is 15.5. The molecule has 1 aliphatic rings. The molecule has 2 unspecified atom stereocenters. The Morgan fingerprint density at radius 1 is 1.24 bits per heavy atom. The summed E-state index contributed by atoms with van der Waals surface area (Å²) in [6.07, 6.45) is 0.689. The van der Waals surface area contributed by atoms with Crippen molar-refractivity contribution < 1.29 is 9.59 Å². The lowest BCUT2D eigenvalue weighted by Gasteiger charge is -2.18. The Hall–Kier alpha value is -1.84. The van der Waals surface area contributed by atoms with Crippen LogP contribution in [0.25, 0.3) is 0 Å². The summed E-state index contributed by atoms with van der Waals surface area (Å²) < 4.78 is 0. The molecule has 114 valence electrons. The quantitative estimate of drug-likeness (QED) is 0.871. The zero-order valence-corrected chi connectivity index (χ0v) is 13.1. The zero-order chi connectivity index (χ0) is 15.4. The van der Waals surface area contributed by atoms with Crippen LogP contribution < -0.4 is 5.32 Å². The molecule has 2 amide bonds. The molecule has 1 N–H and O–H groups in total. The highest BCUT2D eigenvalue weighted by Crippen LogP contribution is 2.40. The molecule has 21 heavy (non-hydrogen) atoms. The predicted molar refractivity (Wildman–Crippen MR) is 82.6 cm³/mol. The fourth-order valence-electron chi connectivity index (χ4n) is 2.67. The second-order valence-corrected chi connectivity index (χ2v) is 5.67. The summed E-state index contributed by atoms with van der Waals surface area (Å²) in [5, 5.41) is 2.94. The smallest absolute Gasteiger partial charge is 0.226 e. The van der Waals surface area contributed by atoms with Gasteiger partial charge in [0.15, 0.2) is 0 Å². The third-order valence-electron chi connectivity index (χ3n) is 4.07. The number of benzene rings is 1. The summed E-state index contributed by atoms with van der Waals surface area (Å²) in [4.78, 5) is 26.0. The normalized spacial score (nSPS) is 20.0. The molecule has 0 bridgehead atoms. The molecule has 4 nitrogen and oxygen atoms in total. The van der Waals surface area contributed by atoms with Gasteiger partial charge in [-0.25, -0.2) is 0 Å². The van der Waals surface area contributed by atoms with Gasteiger partial charge in [-0.05, 0) is 32.8 Å². The van der Waals surface area contributed by atoms with E-state index in [0.29, 0.717) is 26.1 Å². The highest BCUT2D eigenvalue weighted by Gasteiger charge is 2.48. The van der Waals surface area contributed by atoms with Crippen LogP contribution in [0.3, 0.4) is 0 Å². The van der Waals surface area contributed by atoms with Gasteiger partial charge in [-0.3, -0.25) is 9.59 Å². The molecule has 0 saturated heterocycles. The van der Waals surface area contributed by atoms with E-state index in [-0.39, 0.29) is 23.7 Å². The summed E-state index contributed by atoms with van der Waals surface area (Å²) in [5.74, 6) is -0.122. The molecule has 0 spiro atoms. The molecule has 0 aliphatic heterocycles. The molecule has 0 heterocycles. The molecule has 0 radical (unpaired) electrons. The lowest BCUT2D eigenvalue weighted by molar-refractivity contribution is -0.134. The Kier molecular flexibility index (Phi) is 4.99. The van der Waals surface area contributed by atoms with Crippen molar-refractivity contribution in [2.24, 2.45) is 11.8 Å². The molecule has 2 atom stereocenters. The van der Waals surface area contributed by atoms with Crippen molar-refractivity contribution in [1.82, 2.24) is 10.2 Å². The zero-order valence-electron chi connectivity index (χ0n) is 13.1. The van der Waals surface area contributed by atoms with Gasteiger partial charge in [0.05, 0.1) is 11.8 Å². The van der Waals surface area contributed by atoms with Gasteiger partial charge in [0.2, 0.25) is 11.8 Å². The number of carbonyl (C=O) groups excluding carboxylic acids is 2. The second kappa shape index (κ2) is 6.74. The molecule has 1 aromatic rings.